The zero-order chi connectivity index (χ0) is 21.8. The summed E-state index contributed by atoms with van der Waals surface area (Å²) in [5.41, 5.74) is 3.04. The first kappa shape index (κ1) is 22.2. The second-order valence-electron chi connectivity index (χ2n) is 6.99. The number of carbonyl (C=O) groups is 1. The average Bonchev–Trinajstić information content (AvgIpc) is 3.17. The van der Waals surface area contributed by atoms with E-state index < -0.39 is 0 Å². The quantitative estimate of drug-likeness (QED) is 0.482. The van der Waals surface area contributed by atoms with Gasteiger partial charge in [-0.15, -0.1) is 0 Å². The Kier molecular flexibility index (Phi) is 7.05. The molecule has 3 aromatic rings. The van der Waals surface area contributed by atoms with E-state index in [1.165, 1.54) is 0 Å². The molecular weight excluding hydrogens is 470 g/mol. The highest BCUT2D eigenvalue weighted by atomic mass is 79.9. The van der Waals surface area contributed by atoms with Crippen LogP contribution in [0.5, 0.6) is 11.5 Å². The Morgan fingerprint density at radius 1 is 1.23 bits per heavy atom. The van der Waals surface area contributed by atoms with Crippen LogP contribution in [0.4, 0.5) is 0 Å². The standard InChI is InChI=1S/C22H23BrClN3O3/c1-13(2)20-17(12-26-27(20)16-7-5-6-15(24)10-16)22(28)25-11-14-8-18(23)21(30-4)19(9-14)29-3/h5-10,12-13H,11H2,1-4H3,(H,25,28). The molecule has 1 aromatic heterocycles. The number of benzene rings is 2. The molecule has 2 aromatic carbocycles. The third kappa shape index (κ3) is 4.63. The molecule has 0 saturated heterocycles. The summed E-state index contributed by atoms with van der Waals surface area (Å²) in [6.45, 7) is 4.39. The van der Waals surface area contributed by atoms with Crippen molar-refractivity contribution in [3.8, 4) is 17.2 Å². The minimum Gasteiger partial charge on any atom is -0.493 e. The van der Waals surface area contributed by atoms with Gasteiger partial charge < -0.3 is 14.8 Å². The predicted molar refractivity (Wildman–Crippen MR) is 121 cm³/mol. The van der Waals surface area contributed by atoms with Crippen molar-refractivity contribution < 1.29 is 14.3 Å². The summed E-state index contributed by atoms with van der Waals surface area (Å²) in [6.07, 6.45) is 1.59. The lowest BCUT2D eigenvalue weighted by molar-refractivity contribution is 0.0949. The SMILES string of the molecule is COc1cc(CNC(=O)c2cnn(-c3cccc(Cl)c3)c2C(C)C)cc(Br)c1OC. The molecule has 0 bridgehead atoms. The highest BCUT2D eigenvalue weighted by Gasteiger charge is 2.21. The van der Waals surface area contributed by atoms with Gasteiger partial charge in [-0.1, -0.05) is 31.5 Å². The third-order valence-corrected chi connectivity index (χ3v) is 5.42. The maximum atomic E-state index is 13.0. The first-order valence-corrected chi connectivity index (χ1v) is 10.5. The number of hydrogen-bond acceptors (Lipinski definition) is 4. The molecule has 158 valence electrons. The Bertz CT molecular complexity index is 1070. The van der Waals surface area contributed by atoms with Crippen molar-refractivity contribution in [1.29, 1.82) is 0 Å². The summed E-state index contributed by atoms with van der Waals surface area (Å²) < 4.78 is 13.2. The minimum atomic E-state index is -0.196. The maximum Gasteiger partial charge on any atom is 0.255 e. The average molecular weight is 493 g/mol. The largest absolute Gasteiger partial charge is 0.493 e. The van der Waals surface area contributed by atoms with E-state index in [1.807, 2.05) is 44.2 Å². The summed E-state index contributed by atoms with van der Waals surface area (Å²) in [5.74, 6) is 1.09. The van der Waals surface area contributed by atoms with Gasteiger partial charge in [-0.3, -0.25) is 4.79 Å². The smallest absolute Gasteiger partial charge is 0.255 e. The zero-order valence-corrected chi connectivity index (χ0v) is 19.5. The van der Waals surface area contributed by atoms with E-state index in [9.17, 15) is 4.79 Å². The monoisotopic (exact) mass is 491 g/mol. The molecule has 0 atom stereocenters. The molecule has 0 aliphatic carbocycles. The Morgan fingerprint density at radius 2 is 2.00 bits per heavy atom. The number of aromatic nitrogens is 2. The number of methoxy groups -OCH3 is 2. The van der Waals surface area contributed by atoms with Gasteiger partial charge in [0.1, 0.15) is 0 Å². The minimum absolute atomic E-state index is 0.0856. The molecule has 0 saturated carbocycles. The molecule has 30 heavy (non-hydrogen) atoms. The van der Waals surface area contributed by atoms with E-state index >= 15 is 0 Å². The van der Waals surface area contributed by atoms with E-state index in [2.05, 4.69) is 26.3 Å². The zero-order valence-electron chi connectivity index (χ0n) is 17.2. The Labute approximate surface area is 189 Å². The highest BCUT2D eigenvalue weighted by Crippen LogP contribution is 2.36. The van der Waals surface area contributed by atoms with Gasteiger partial charge in [-0.2, -0.15) is 5.10 Å². The van der Waals surface area contributed by atoms with Crippen LogP contribution in [0, 0.1) is 0 Å². The Balaban J connectivity index is 1.85. The number of hydrogen-bond donors (Lipinski definition) is 1. The number of amides is 1. The van der Waals surface area contributed by atoms with Crippen LogP contribution >= 0.6 is 27.5 Å². The lowest BCUT2D eigenvalue weighted by Gasteiger charge is -2.14. The van der Waals surface area contributed by atoms with Crippen LogP contribution in [-0.2, 0) is 6.54 Å². The fourth-order valence-electron chi connectivity index (χ4n) is 3.25. The Hall–Kier alpha value is -2.51. The molecule has 0 fully saturated rings. The van der Waals surface area contributed by atoms with Gasteiger partial charge in [0, 0.05) is 11.6 Å². The predicted octanol–water partition coefficient (Wildman–Crippen LogP) is 5.36. The summed E-state index contributed by atoms with van der Waals surface area (Å²) in [7, 11) is 3.15. The van der Waals surface area contributed by atoms with Gasteiger partial charge in [-0.25, -0.2) is 4.68 Å². The summed E-state index contributed by atoms with van der Waals surface area (Å²) >= 11 is 9.60. The molecule has 1 N–H and O–H groups in total. The molecule has 3 rings (SSSR count). The lowest BCUT2D eigenvalue weighted by Crippen LogP contribution is -2.24. The number of nitrogens with one attached hydrogen (secondary N) is 1. The van der Waals surface area contributed by atoms with Crippen LogP contribution in [0.15, 0.2) is 47.1 Å². The number of halogens is 2. The second-order valence-corrected chi connectivity index (χ2v) is 8.28. The molecule has 1 amide bonds. The topological polar surface area (TPSA) is 65.4 Å². The summed E-state index contributed by atoms with van der Waals surface area (Å²) in [5, 5.41) is 8.02. The molecule has 0 unspecified atom stereocenters. The highest BCUT2D eigenvalue weighted by molar-refractivity contribution is 9.10. The van der Waals surface area contributed by atoms with E-state index in [0.717, 1.165) is 21.4 Å². The molecule has 8 heteroatoms. The van der Waals surface area contributed by atoms with E-state index in [0.29, 0.717) is 28.6 Å². The van der Waals surface area contributed by atoms with Crippen molar-refractivity contribution in [3.05, 3.63) is 68.9 Å². The molecule has 1 heterocycles. The Morgan fingerprint density at radius 3 is 2.63 bits per heavy atom. The summed E-state index contributed by atoms with van der Waals surface area (Å²) in [4.78, 5) is 13.0. The van der Waals surface area contributed by atoms with Crippen molar-refractivity contribution in [2.24, 2.45) is 0 Å². The van der Waals surface area contributed by atoms with Gasteiger partial charge in [-0.05, 0) is 57.7 Å². The molecular formula is C22H23BrClN3O3. The molecule has 0 radical (unpaired) electrons. The fourth-order valence-corrected chi connectivity index (χ4v) is 4.09. The van der Waals surface area contributed by atoms with Crippen LogP contribution in [0.1, 0.15) is 41.4 Å². The normalized spacial score (nSPS) is 10.9. The van der Waals surface area contributed by atoms with Gasteiger partial charge in [0.25, 0.3) is 5.91 Å². The molecule has 6 nitrogen and oxygen atoms in total. The van der Waals surface area contributed by atoms with Gasteiger partial charge in [0.15, 0.2) is 11.5 Å². The van der Waals surface area contributed by atoms with Crippen LogP contribution in [0.25, 0.3) is 5.69 Å². The van der Waals surface area contributed by atoms with Crippen molar-refractivity contribution in [3.63, 3.8) is 0 Å². The first-order valence-electron chi connectivity index (χ1n) is 9.38. The summed E-state index contributed by atoms with van der Waals surface area (Å²) in [6, 6.07) is 11.1. The fraction of sp³-hybridized carbons (Fsp3) is 0.273. The number of rotatable bonds is 7. The lowest BCUT2D eigenvalue weighted by atomic mass is 10.0. The van der Waals surface area contributed by atoms with Crippen molar-refractivity contribution in [2.45, 2.75) is 26.3 Å². The molecule has 0 aliphatic rings. The van der Waals surface area contributed by atoms with Crippen molar-refractivity contribution in [1.82, 2.24) is 15.1 Å². The van der Waals surface area contributed by atoms with Crippen LogP contribution in [0.3, 0.4) is 0 Å². The van der Waals surface area contributed by atoms with Crippen molar-refractivity contribution in [2.75, 3.05) is 14.2 Å². The molecule has 0 aliphatic heterocycles. The van der Waals surface area contributed by atoms with Crippen LogP contribution in [-0.4, -0.2) is 29.9 Å². The number of nitrogens with zero attached hydrogens (tertiary/aromatic N) is 2. The molecule has 0 spiro atoms. The van der Waals surface area contributed by atoms with E-state index in [1.54, 1.807) is 31.2 Å². The number of carbonyl (C=O) groups excluding carboxylic acids is 1. The third-order valence-electron chi connectivity index (χ3n) is 4.60. The number of ether oxygens (including phenoxy) is 2. The van der Waals surface area contributed by atoms with E-state index in [4.69, 9.17) is 21.1 Å². The van der Waals surface area contributed by atoms with Crippen LogP contribution < -0.4 is 14.8 Å². The van der Waals surface area contributed by atoms with Gasteiger partial charge in [0.2, 0.25) is 0 Å². The first-order chi connectivity index (χ1) is 14.3. The second kappa shape index (κ2) is 9.53. The maximum absolute atomic E-state index is 13.0. The van der Waals surface area contributed by atoms with Gasteiger partial charge in [0.05, 0.1) is 41.8 Å². The van der Waals surface area contributed by atoms with Crippen LogP contribution in [0.2, 0.25) is 5.02 Å². The van der Waals surface area contributed by atoms with Crippen molar-refractivity contribution >= 4 is 33.4 Å². The van der Waals surface area contributed by atoms with Gasteiger partial charge >= 0.3 is 0 Å². The van der Waals surface area contributed by atoms with E-state index in [-0.39, 0.29) is 11.8 Å².